The van der Waals surface area contributed by atoms with Crippen molar-refractivity contribution in [3.8, 4) is 0 Å². The number of alkyl halides is 1. The van der Waals surface area contributed by atoms with Gasteiger partial charge in [-0.1, -0.05) is 13.0 Å². The maximum atomic E-state index is 6.03. The van der Waals surface area contributed by atoms with Crippen LogP contribution in [0.5, 0.6) is 0 Å². The smallest absolute Gasteiger partial charge is 0.0372 e. The average molecular weight is 198 g/mol. The monoisotopic (exact) mass is 197 g/mol. The van der Waals surface area contributed by atoms with Crippen molar-refractivity contribution in [1.29, 1.82) is 0 Å². The molecule has 0 aromatic carbocycles. The van der Waals surface area contributed by atoms with E-state index in [1.165, 1.54) is 5.56 Å². The zero-order chi connectivity index (χ0) is 9.68. The lowest BCUT2D eigenvalue weighted by atomic mass is 10.1. The summed E-state index contributed by atoms with van der Waals surface area (Å²) in [6.07, 6.45) is 5.06. The highest BCUT2D eigenvalue weighted by molar-refractivity contribution is 6.20. The van der Waals surface area contributed by atoms with E-state index >= 15 is 0 Å². The molecule has 0 amide bonds. The third-order valence-corrected chi connectivity index (χ3v) is 2.69. The van der Waals surface area contributed by atoms with Gasteiger partial charge in [0.2, 0.25) is 0 Å². The minimum atomic E-state index is 0.307. The van der Waals surface area contributed by atoms with Crippen LogP contribution in [0.15, 0.2) is 18.3 Å². The van der Waals surface area contributed by atoms with Crippen molar-refractivity contribution in [2.75, 3.05) is 0 Å². The second-order valence-corrected chi connectivity index (χ2v) is 3.97. The predicted octanol–water partition coefficient (Wildman–Crippen LogP) is 3.34. The largest absolute Gasteiger partial charge is 0.261 e. The summed E-state index contributed by atoms with van der Waals surface area (Å²) in [6.45, 7) is 4.12. The van der Waals surface area contributed by atoms with Gasteiger partial charge in [-0.05, 0) is 37.8 Å². The van der Waals surface area contributed by atoms with Crippen molar-refractivity contribution in [3.05, 3.63) is 29.6 Å². The lowest BCUT2D eigenvalue weighted by Crippen LogP contribution is -1.98. The van der Waals surface area contributed by atoms with Gasteiger partial charge >= 0.3 is 0 Å². The van der Waals surface area contributed by atoms with Crippen LogP contribution in [0, 0.1) is 6.92 Å². The SMILES string of the molecule is CCC(Cl)CCc1ccc(C)nc1. The topological polar surface area (TPSA) is 12.9 Å². The van der Waals surface area contributed by atoms with E-state index in [2.05, 4.69) is 18.0 Å². The van der Waals surface area contributed by atoms with Gasteiger partial charge in [0.1, 0.15) is 0 Å². The minimum Gasteiger partial charge on any atom is -0.261 e. The number of aryl methyl sites for hydroxylation is 2. The Hall–Kier alpha value is -0.560. The van der Waals surface area contributed by atoms with Crippen LogP contribution in [0.3, 0.4) is 0 Å². The fourth-order valence-electron chi connectivity index (χ4n) is 1.17. The lowest BCUT2D eigenvalue weighted by Gasteiger charge is -2.05. The zero-order valence-electron chi connectivity index (χ0n) is 8.26. The van der Waals surface area contributed by atoms with Crippen molar-refractivity contribution < 1.29 is 0 Å². The molecule has 0 N–H and O–H groups in total. The molecular weight excluding hydrogens is 182 g/mol. The van der Waals surface area contributed by atoms with E-state index in [1.807, 2.05) is 19.2 Å². The van der Waals surface area contributed by atoms with Crippen molar-refractivity contribution in [2.24, 2.45) is 0 Å². The summed E-state index contributed by atoms with van der Waals surface area (Å²) >= 11 is 6.03. The Kier molecular flexibility index (Phi) is 4.23. The van der Waals surface area contributed by atoms with Gasteiger partial charge in [0.05, 0.1) is 0 Å². The molecule has 0 spiro atoms. The maximum absolute atomic E-state index is 6.03. The Balaban J connectivity index is 2.41. The van der Waals surface area contributed by atoms with Crippen molar-refractivity contribution in [2.45, 2.75) is 38.5 Å². The van der Waals surface area contributed by atoms with Gasteiger partial charge in [-0.3, -0.25) is 4.98 Å². The molecule has 1 aromatic rings. The second-order valence-electron chi connectivity index (χ2n) is 3.35. The highest BCUT2D eigenvalue weighted by Gasteiger charge is 2.01. The molecule has 2 heteroatoms. The van der Waals surface area contributed by atoms with Crippen molar-refractivity contribution in [3.63, 3.8) is 0 Å². The second kappa shape index (κ2) is 5.23. The Bertz CT molecular complexity index is 243. The molecule has 1 atom stereocenters. The number of aromatic nitrogens is 1. The van der Waals surface area contributed by atoms with E-state index in [0.717, 1.165) is 25.0 Å². The molecule has 1 heterocycles. The maximum Gasteiger partial charge on any atom is 0.0372 e. The van der Waals surface area contributed by atoms with E-state index in [9.17, 15) is 0 Å². The highest BCUT2D eigenvalue weighted by atomic mass is 35.5. The van der Waals surface area contributed by atoms with Gasteiger partial charge in [-0.15, -0.1) is 11.6 Å². The first kappa shape index (κ1) is 10.5. The summed E-state index contributed by atoms with van der Waals surface area (Å²) < 4.78 is 0. The van der Waals surface area contributed by atoms with Crippen LogP contribution in [0.1, 0.15) is 31.0 Å². The molecule has 13 heavy (non-hydrogen) atoms. The standard InChI is InChI=1S/C11H16ClN/c1-3-11(12)7-6-10-5-4-9(2)13-8-10/h4-5,8,11H,3,6-7H2,1-2H3. The predicted molar refractivity (Wildman–Crippen MR) is 57.2 cm³/mol. The molecule has 0 aliphatic heterocycles. The van der Waals surface area contributed by atoms with E-state index < -0.39 is 0 Å². The van der Waals surface area contributed by atoms with E-state index in [0.29, 0.717) is 5.38 Å². The molecule has 0 saturated heterocycles. The molecule has 72 valence electrons. The summed E-state index contributed by atoms with van der Waals surface area (Å²) in [6, 6.07) is 4.17. The summed E-state index contributed by atoms with van der Waals surface area (Å²) in [5.41, 5.74) is 2.35. The Morgan fingerprint density at radius 2 is 2.23 bits per heavy atom. The summed E-state index contributed by atoms with van der Waals surface area (Å²) in [5.74, 6) is 0. The first-order valence-electron chi connectivity index (χ1n) is 4.78. The normalized spacial score (nSPS) is 12.8. The molecule has 0 aliphatic carbocycles. The molecule has 1 rings (SSSR count). The number of hydrogen-bond acceptors (Lipinski definition) is 1. The van der Waals surface area contributed by atoms with Crippen LogP contribution >= 0.6 is 11.6 Å². The number of halogens is 1. The number of pyridine rings is 1. The first-order valence-corrected chi connectivity index (χ1v) is 5.21. The third-order valence-electron chi connectivity index (χ3n) is 2.16. The van der Waals surface area contributed by atoms with Gasteiger partial charge in [0.15, 0.2) is 0 Å². The molecule has 0 fully saturated rings. The van der Waals surface area contributed by atoms with Gasteiger partial charge < -0.3 is 0 Å². The Labute approximate surface area is 85.1 Å². The van der Waals surface area contributed by atoms with Gasteiger partial charge in [0, 0.05) is 17.3 Å². The third kappa shape index (κ3) is 3.77. The zero-order valence-corrected chi connectivity index (χ0v) is 9.01. The molecule has 0 saturated carbocycles. The fourth-order valence-corrected chi connectivity index (χ4v) is 1.28. The van der Waals surface area contributed by atoms with Crippen molar-refractivity contribution >= 4 is 11.6 Å². The van der Waals surface area contributed by atoms with Crippen molar-refractivity contribution in [1.82, 2.24) is 4.98 Å². The number of rotatable bonds is 4. The molecular formula is C11H16ClN. The molecule has 0 radical (unpaired) electrons. The van der Waals surface area contributed by atoms with Crippen LogP contribution in [0.25, 0.3) is 0 Å². The number of nitrogens with zero attached hydrogens (tertiary/aromatic N) is 1. The van der Waals surface area contributed by atoms with Crippen LogP contribution < -0.4 is 0 Å². The fraction of sp³-hybridized carbons (Fsp3) is 0.545. The van der Waals surface area contributed by atoms with Crippen LogP contribution in [0.2, 0.25) is 0 Å². The Morgan fingerprint density at radius 3 is 2.77 bits per heavy atom. The minimum absolute atomic E-state index is 0.307. The first-order chi connectivity index (χ1) is 6.22. The lowest BCUT2D eigenvalue weighted by molar-refractivity contribution is 0.725. The van der Waals surface area contributed by atoms with E-state index in [1.54, 1.807) is 0 Å². The average Bonchev–Trinajstić information content (AvgIpc) is 2.16. The highest BCUT2D eigenvalue weighted by Crippen LogP contribution is 2.11. The quantitative estimate of drug-likeness (QED) is 0.675. The van der Waals surface area contributed by atoms with E-state index in [-0.39, 0.29) is 0 Å². The van der Waals surface area contributed by atoms with Crippen LogP contribution in [0.4, 0.5) is 0 Å². The summed E-state index contributed by atoms with van der Waals surface area (Å²) in [4.78, 5) is 4.24. The van der Waals surface area contributed by atoms with Crippen LogP contribution in [-0.4, -0.2) is 10.4 Å². The van der Waals surface area contributed by atoms with E-state index in [4.69, 9.17) is 11.6 Å². The summed E-state index contributed by atoms with van der Waals surface area (Å²) in [7, 11) is 0. The Morgan fingerprint density at radius 1 is 1.46 bits per heavy atom. The van der Waals surface area contributed by atoms with Gasteiger partial charge in [-0.25, -0.2) is 0 Å². The number of hydrogen-bond donors (Lipinski definition) is 0. The van der Waals surface area contributed by atoms with Crippen LogP contribution in [-0.2, 0) is 6.42 Å². The molecule has 0 bridgehead atoms. The molecule has 0 aliphatic rings. The molecule has 1 nitrogen and oxygen atoms in total. The van der Waals surface area contributed by atoms with Gasteiger partial charge in [-0.2, -0.15) is 0 Å². The van der Waals surface area contributed by atoms with Gasteiger partial charge in [0.25, 0.3) is 0 Å². The summed E-state index contributed by atoms with van der Waals surface area (Å²) in [5, 5.41) is 0.307. The molecule has 1 aromatic heterocycles. The molecule has 1 unspecified atom stereocenters.